The first kappa shape index (κ1) is 22.5. The number of rotatable bonds is 7. The number of nitrogens with zero attached hydrogens (tertiary/aromatic N) is 2. The van der Waals surface area contributed by atoms with Crippen LogP contribution < -0.4 is 15.8 Å². The van der Waals surface area contributed by atoms with Crippen LogP contribution >= 0.6 is 0 Å². The summed E-state index contributed by atoms with van der Waals surface area (Å²) in [6.45, 7) is 5.09. The Kier molecular flexibility index (Phi) is 7.68. The Balaban J connectivity index is 1.36. The Labute approximate surface area is 178 Å². The smallest absolute Gasteiger partial charge is 0.321 e. The van der Waals surface area contributed by atoms with E-state index in [0.717, 1.165) is 13.0 Å². The van der Waals surface area contributed by atoms with Gasteiger partial charge in [0, 0.05) is 31.2 Å². The van der Waals surface area contributed by atoms with Crippen molar-refractivity contribution >= 4 is 27.6 Å². The zero-order chi connectivity index (χ0) is 21.6. The van der Waals surface area contributed by atoms with E-state index in [9.17, 15) is 18.0 Å². The minimum absolute atomic E-state index is 0.00671. The van der Waals surface area contributed by atoms with Gasteiger partial charge in [0.05, 0.1) is 4.90 Å². The number of likely N-dealkylation sites (tertiary alicyclic amines) is 2. The highest BCUT2D eigenvalue weighted by Crippen LogP contribution is 2.19. The number of primary sulfonamides is 1. The molecule has 1 aromatic rings. The molecule has 0 saturated carbocycles. The standard InChI is InChI=1S/C20H31N5O4S/c21-30(28,29)18-6-4-17(5-7-18)23-20(27)25-14-8-16(9-15-25)19(26)22-10-3-13-24-11-1-2-12-24/h4-7,16H,1-3,8-15H2,(H,22,26)(H,23,27)(H2,21,28,29). The van der Waals surface area contributed by atoms with E-state index in [1.807, 2.05) is 0 Å². The number of piperidine rings is 1. The highest BCUT2D eigenvalue weighted by Gasteiger charge is 2.27. The number of carbonyl (C=O) groups excluding carboxylic acids is 2. The van der Waals surface area contributed by atoms with Crippen molar-refractivity contribution in [2.24, 2.45) is 11.1 Å². The summed E-state index contributed by atoms with van der Waals surface area (Å²) in [5.41, 5.74) is 0.491. The second-order valence-corrected chi connectivity index (χ2v) is 9.52. The molecule has 2 fully saturated rings. The van der Waals surface area contributed by atoms with Crippen molar-refractivity contribution in [2.45, 2.75) is 37.0 Å². The van der Waals surface area contributed by atoms with Gasteiger partial charge in [-0.25, -0.2) is 18.4 Å². The molecule has 0 unspecified atom stereocenters. The molecule has 10 heteroatoms. The molecule has 3 rings (SSSR count). The quantitative estimate of drug-likeness (QED) is 0.553. The van der Waals surface area contributed by atoms with E-state index in [0.29, 0.717) is 38.2 Å². The molecular weight excluding hydrogens is 406 g/mol. The van der Waals surface area contributed by atoms with Crippen LogP contribution in [0.15, 0.2) is 29.2 Å². The van der Waals surface area contributed by atoms with Crippen LogP contribution in [-0.2, 0) is 14.8 Å². The summed E-state index contributed by atoms with van der Waals surface area (Å²) in [5, 5.41) is 10.9. The second-order valence-electron chi connectivity index (χ2n) is 7.95. The van der Waals surface area contributed by atoms with E-state index in [4.69, 9.17) is 5.14 Å². The number of anilines is 1. The summed E-state index contributed by atoms with van der Waals surface area (Å²) in [6.07, 6.45) is 4.79. The Morgan fingerprint density at radius 3 is 2.27 bits per heavy atom. The predicted molar refractivity (Wildman–Crippen MR) is 114 cm³/mol. The van der Waals surface area contributed by atoms with Crippen LogP contribution in [0.1, 0.15) is 32.1 Å². The molecule has 1 aromatic carbocycles. The third-order valence-electron chi connectivity index (χ3n) is 5.74. The lowest BCUT2D eigenvalue weighted by atomic mass is 9.96. The summed E-state index contributed by atoms with van der Waals surface area (Å²) in [7, 11) is -3.76. The van der Waals surface area contributed by atoms with Gasteiger partial charge in [-0.05, 0) is 76.0 Å². The lowest BCUT2D eigenvalue weighted by molar-refractivity contribution is -0.126. The number of carbonyl (C=O) groups is 2. The Bertz CT molecular complexity index is 829. The van der Waals surface area contributed by atoms with Crippen molar-refractivity contribution in [1.82, 2.24) is 15.1 Å². The third kappa shape index (κ3) is 6.41. The van der Waals surface area contributed by atoms with E-state index in [2.05, 4.69) is 15.5 Å². The molecule has 9 nitrogen and oxygen atoms in total. The molecule has 3 amide bonds. The summed E-state index contributed by atoms with van der Waals surface area (Å²) in [5.74, 6) is 0.0185. The van der Waals surface area contributed by atoms with E-state index >= 15 is 0 Å². The van der Waals surface area contributed by atoms with E-state index < -0.39 is 10.0 Å². The first-order valence-electron chi connectivity index (χ1n) is 10.5. The second kappa shape index (κ2) is 10.2. The summed E-state index contributed by atoms with van der Waals surface area (Å²) in [6, 6.07) is 5.44. The Morgan fingerprint density at radius 2 is 1.67 bits per heavy atom. The van der Waals surface area contributed by atoms with Gasteiger partial charge in [-0.2, -0.15) is 0 Å². The molecule has 4 N–H and O–H groups in total. The number of urea groups is 1. The summed E-state index contributed by atoms with van der Waals surface area (Å²) < 4.78 is 22.6. The summed E-state index contributed by atoms with van der Waals surface area (Å²) >= 11 is 0. The monoisotopic (exact) mass is 437 g/mol. The number of sulfonamides is 1. The van der Waals surface area contributed by atoms with Crippen LogP contribution in [0.3, 0.4) is 0 Å². The zero-order valence-electron chi connectivity index (χ0n) is 17.2. The number of nitrogens with one attached hydrogen (secondary N) is 2. The molecular formula is C20H31N5O4S. The van der Waals surface area contributed by atoms with E-state index in [1.165, 1.54) is 50.2 Å². The van der Waals surface area contributed by atoms with Crippen LogP contribution in [0, 0.1) is 5.92 Å². The van der Waals surface area contributed by atoms with Gasteiger partial charge in [0.25, 0.3) is 0 Å². The molecule has 2 saturated heterocycles. The number of hydrogen-bond donors (Lipinski definition) is 3. The van der Waals surface area contributed by atoms with Gasteiger partial charge in [-0.1, -0.05) is 0 Å². The van der Waals surface area contributed by atoms with Crippen molar-refractivity contribution in [2.75, 3.05) is 44.6 Å². The van der Waals surface area contributed by atoms with Crippen LogP contribution in [0.25, 0.3) is 0 Å². The van der Waals surface area contributed by atoms with Crippen molar-refractivity contribution < 1.29 is 18.0 Å². The van der Waals surface area contributed by atoms with Crippen LogP contribution in [0.5, 0.6) is 0 Å². The molecule has 0 spiro atoms. The first-order valence-corrected chi connectivity index (χ1v) is 12.1. The number of nitrogens with two attached hydrogens (primary N) is 1. The molecule has 2 heterocycles. The van der Waals surface area contributed by atoms with Crippen molar-refractivity contribution in [3.8, 4) is 0 Å². The average Bonchev–Trinajstić information content (AvgIpc) is 3.24. The maximum atomic E-state index is 12.4. The number of amides is 3. The lowest BCUT2D eigenvalue weighted by Crippen LogP contribution is -2.44. The molecule has 0 aromatic heterocycles. The SMILES string of the molecule is NS(=O)(=O)c1ccc(NC(=O)N2CCC(C(=O)NCCCN3CCCC3)CC2)cc1. The maximum Gasteiger partial charge on any atom is 0.321 e. The van der Waals surface area contributed by atoms with Gasteiger partial charge in [-0.15, -0.1) is 0 Å². The van der Waals surface area contributed by atoms with Gasteiger partial charge in [0.15, 0.2) is 0 Å². The van der Waals surface area contributed by atoms with Crippen LogP contribution in [0.4, 0.5) is 10.5 Å². The highest BCUT2D eigenvalue weighted by molar-refractivity contribution is 7.89. The van der Waals surface area contributed by atoms with Crippen molar-refractivity contribution in [1.29, 1.82) is 0 Å². The number of hydrogen-bond acceptors (Lipinski definition) is 5. The maximum absolute atomic E-state index is 12.4. The van der Waals surface area contributed by atoms with Gasteiger partial charge in [0.2, 0.25) is 15.9 Å². The topological polar surface area (TPSA) is 125 Å². The lowest BCUT2D eigenvalue weighted by Gasteiger charge is -2.31. The van der Waals surface area contributed by atoms with Gasteiger partial charge >= 0.3 is 6.03 Å². The van der Waals surface area contributed by atoms with Gasteiger partial charge in [-0.3, -0.25) is 4.79 Å². The van der Waals surface area contributed by atoms with Crippen LogP contribution in [-0.4, -0.2) is 69.4 Å². The third-order valence-corrected chi connectivity index (χ3v) is 6.67. The van der Waals surface area contributed by atoms with E-state index in [1.54, 1.807) is 4.90 Å². The molecule has 0 radical (unpaired) electrons. The largest absolute Gasteiger partial charge is 0.356 e. The van der Waals surface area contributed by atoms with Gasteiger partial charge in [0.1, 0.15) is 0 Å². The van der Waals surface area contributed by atoms with Crippen molar-refractivity contribution in [3.05, 3.63) is 24.3 Å². The highest BCUT2D eigenvalue weighted by atomic mass is 32.2. The van der Waals surface area contributed by atoms with Crippen LogP contribution in [0.2, 0.25) is 0 Å². The molecule has 2 aliphatic heterocycles. The number of benzene rings is 1. The normalized spacial score (nSPS) is 18.4. The predicted octanol–water partition coefficient (Wildman–Crippen LogP) is 1.18. The van der Waals surface area contributed by atoms with Gasteiger partial charge < -0.3 is 20.4 Å². The van der Waals surface area contributed by atoms with Crippen molar-refractivity contribution in [3.63, 3.8) is 0 Å². The molecule has 0 atom stereocenters. The first-order chi connectivity index (χ1) is 14.3. The fourth-order valence-electron chi connectivity index (χ4n) is 3.94. The average molecular weight is 438 g/mol. The van der Waals surface area contributed by atoms with E-state index in [-0.39, 0.29) is 22.8 Å². The molecule has 166 valence electrons. The minimum atomic E-state index is -3.76. The summed E-state index contributed by atoms with van der Waals surface area (Å²) in [4.78, 5) is 28.9. The fourth-order valence-corrected chi connectivity index (χ4v) is 4.46. The molecule has 30 heavy (non-hydrogen) atoms. The Hall–Kier alpha value is -2.17. The minimum Gasteiger partial charge on any atom is -0.356 e. The zero-order valence-corrected chi connectivity index (χ0v) is 18.0. The molecule has 0 bridgehead atoms. The Morgan fingerprint density at radius 1 is 1.03 bits per heavy atom. The fraction of sp³-hybridized carbons (Fsp3) is 0.600. The molecule has 2 aliphatic rings. The molecule has 0 aliphatic carbocycles.